The summed E-state index contributed by atoms with van der Waals surface area (Å²) >= 11 is 0. The van der Waals surface area contributed by atoms with Gasteiger partial charge in [0.1, 0.15) is 11.0 Å². The van der Waals surface area contributed by atoms with Gasteiger partial charge in [0.25, 0.3) is 0 Å². The van der Waals surface area contributed by atoms with Gasteiger partial charge in [0.15, 0.2) is 11.2 Å². The average Bonchev–Trinajstić information content (AvgIpc) is 4.29. The quantitative estimate of drug-likeness (QED) is 0.149. The van der Waals surface area contributed by atoms with E-state index in [4.69, 9.17) is 18.8 Å². The third-order valence-corrected chi connectivity index (χ3v) is 15.3. The van der Waals surface area contributed by atoms with Crippen molar-refractivity contribution in [3.63, 3.8) is 0 Å². The van der Waals surface area contributed by atoms with Gasteiger partial charge in [-0.3, -0.25) is 0 Å². The highest BCUT2D eigenvalue weighted by Gasteiger charge is 2.30. The summed E-state index contributed by atoms with van der Waals surface area (Å²) in [4.78, 5) is 19.3. The van der Waals surface area contributed by atoms with Gasteiger partial charge in [-0.15, -0.1) is 0 Å². The molecule has 8 nitrogen and oxygen atoms in total. The molecule has 78 heavy (non-hydrogen) atoms. The van der Waals surface area contributed by atoms with Crippen LogP contribution in [0, 0.1) is 0 Å². The molecule has 2 aliphatic heterocycles. The van der Waals surface area contributed by atoms with Crippen LogP contribution in [0.4, 0.5) is 56.9 Å². The zero-order valence-electron chi connectivity index (χ0n) is 42.7. The molecule has 0 N–H and O–H groups in total. The number of oxazole rings is 2. The van der Waals surface area contributed by atoms with Crippen molar-refractivity contribution >= 4 is 79.1 Å². The van der Waals surface area contributed by atoms with Gasteiger partial charge >= 0.3 is 0 Å². The molecule has 0 bridgehead atoms. The summed E-state index contributed by atoms with van der Waals surface area (Å²) in [6, 6.07) is 90.4. The van der Waals surface area contributed by atoms with E-state index in [9.17, 15) is 0 Å². The zero-order chi connectivity index (χ0) is 51.8. The lowest BCUT2D eigenvalue weighted by Gasteiger charge is -2.38. The van der Waals surface area contributed by atoms with Crippen molar-refractivity contribution in [2.24, 2.45) is 0 Å². The molecule has 0 spiro atoms. The Bertz CT molecular complexity index is 4340. The van der Waals surface area contributed by atoms with Crippen LogP contribution < -0.4 is 19.6 Å². The molecule has 2 aromatic heterocycles. The average molecular weight is 1010 g/mol. The normalized spacial score (nSPS) is 12.6. The highest BCUT2D eigenvalue weighted by Crippen LogP contribution is 2.54. The molecule has 0 aliphatic carbocycles. The molecule has 15 rings (SSSR count). The second kappa shape index (κ2) is 18.1. The van der Waals surface area contributed by atoms with Crippen LogP contribution in [-0.2, 0) is 0 Å². The monoisotopic (exact) mass is 1000 g/mol. The first kappa shape index (κ1) is 45.0. The van der Waals surface area contributed by atoms with Crippen LogP contribution in [0.3, 0.4) is 0 Å². The fourth-order valence-electron chi connectivity index (χ4n) is 11.7. The Kier molecular flexibility index (Phi) is 10.5. The number of hydrogen-bond donors (Lipinski definition) is 0. The summed E-state index contributed by atoms with van der Waals surface area (Å²) in [6.07, 6.45) is 0. The molecular weight excluding hydrogens is 957 g/mol. The highest BCUT2D eigenvalue weighted by molar-refractivity contribution is 6.03. The van der Waals surface area contributed by atoms with E-state index in [1.165, 1.54) is 0 Å². The van der Waals surface area contributed by atoms with Crippen molar-refractivity contribution in [3.05, 3.63) is 255 Å². The molecule has 8 heteroatoms. The summed E-state index contributed by atoms with van der Waals surface area (Å²) in [7, 11) is 4.30. The standard InChI is InChI=1S/C70H48N6O2/c1-73-58-29-5-9-33-62(58)75(63-34-10-6-30-59(63)73)52-25-17-21-47(41-52)55-44-51(45-19-15-23-49(39-45)69-71-56-27-3-13-37-66(56)77-69)43-54(46-20-16-24-50(40-46)70-72-57-28-4-14-38-67(57)78-70)68(55)48-22-18-26-53(42-48)76-64-35-11-7-31-60(64)74(2)61-32-8-12-36-65(61)76/h3-44H,1-2H3. The maximum Gasteiger partial charge on any atom is 0.227 e. The van der Waals surface area contributed by atoms with Crippen LogP contribution in [0.25, 0.3) is 89.6 Å². The fraction of sp³-hybridized carbons (Fsp3) is 0.0286. The molecule has 0 saturated heterocycles. The van der Waals surface area contributed by atoms with Gasteiger partial charge < -0.3 is 28.4 Å². The largest absolute Gasteiger partial charge is 0.436 e. The van der Waals surface area contributed by atoms with Gasteiger partial charge in [-0.1, -0.05) is 121 Å². The van der Waals surface area contributed by atoms with E-state index < -0.39 is 0 Å². The minimum absolute atomic E-state index is 0.567. The molecule has 11 aromatic carbocycles. The Hall–Kier alpha value is -10.4. The topological polar surface area (TPSA) is 65.0 Å². The Morgan fingerprint density at radius 1 is 0.282 bits per heavy atom. The first-order chi connectivity index (χ1) is 38.5. The van der Waals surface area contributed by atoms with Gasteiger partial charge in [-0.05, 0) is 178 Å². The van der Waals surface area contributed by atoms with Gasteiger partial charge in [0, 0.05) is 36.6 Å². The van der Waals surface area contributed by atoms with E-state index in [0.29, 0.717) is 11.8 Å². The lowest BCUT2D eigenvalue weighted by Crippen LogP contribution is -2.23. The minimum Gasteiger partial charge on any atom is -0.436 e. The summed E-state index contributed by atoms with van der Waals surface area (Å²) < 4.78 is 12.8. The Balaban J connectivity index is 0.993. The summed E-state index contributed by atoms with van der Waals surface area (Å²) in [5, 5.41) is 0. The van der Waals surface area contributed by atoms with Crippen molar-refractivity contribution in [2.45, 2.75) is 0 Å². The van der Waals surface area contributed by atoms with E-state index in [-0.39, 0.29) is 0 Å². The van der Waals surface area contributed by atoms with Crippen LogP contribution in [0.1, 0.15) is 0 Å². The van der Waals surface area contributed by atoms with Crippen molar-refractivity contribution in [3.8, 4) is 67.4 Å². The third kappa shape index (κ3) is 7.45. The molecule has 0 amide bonds. The summed E-state index contributed by atoms with van der Waals surface area (Å²) in [5.74, 6) is 1.14. The Morgan fingerprint density at radius 2 is 0.628 bits per heavy atom. The van der Waals surface area contributed by atoms with Gasteiger partial charge in [-0.2, -0.15) is 0 Å². The Morgan fingerprint density at radius 3 is 1.09 bits per heavy atom. The van der Waals surface area contributed by atoms with Crippen molar-refractivity contribution in [1.82, 2.24) is 9.97 Å². The third-order valence-electron chi connectivity index (χ3n) is 15.3. The Labute approximate surface area is 451 Å². The van der Waals surface area contributed by atoms with E-state index in [2.05, 4.69) is 240 Å². The van der Waals surface area contributed by atoms with Crippen LogP contribution >= 0.6 is 0 Å². The highest BCUT2D eigenvalue weighted by atomic mass is 16.4. The first-order valence-corrected chi connectivity index (χ1v) is 26.2. The molecule has 0 atom stereocenters. The maximum absolute atomic E-state index is 6.46. The number of hydrogen-bond acceptors (Lipinski definition) is 8. The van der Waals surface area contributed by atoms with Gasteiger partial charge in [0.05, 0.1) is 45.5 Å². The SMILES string of the molecule is CN1c2ccccc2N(c2cccc(-c3cc(-c4cccc(-c5nc6ccccc6o5)c4)cc(-c4cccc(-c5nc6ccccc6o5)c4)c3-c3cccc(N4c5ccccc5N(C)c5ccccc54)c3)c2)c2ccccc21. The minimum atomic E-state index is 0.567. The zero-order valence-corrected chi connectivity index (χ0v) is 42.7. The molecule has 2 aliphatic rings. The van der Waals surface area contributed by atoms with Gasteiger partial charge in [0.2, 0.25) is 11.8 Å². The van der Waals surface area contributed by atoms with Crippen LogP contribution in [0.2, 0.25) is 0 Å². The molecule has 0 fully saturated rings. The van der Waals surface area contributed by atoms with E-state index in [0.717, 1.165) is 135 Å². The number of para-hydroxylation sites is 12. The second-order valence-electron chi connectivity index (χ2n) is 19.9. The van der Waals surface area contributed by atoms with Crippen molar-refractivity contribution in [2.75, 3.05) is 33.7 Å². The van der Waals surface area contributed by atoms with E-state index >= 15 is 0 Å². The number of rotatable bonds is 8. The molecule has 0 saturated carbocycles. The van der Waals surface area contributed by atoms with Crippen LogP contribution in [0.15, 0.2) is 264 Å². The molecule has 0 unspecified atom stereocenters. The lowest BCUT2D eigenvalue weighted by molar-refractivity contribution is 0.619. The number of nitrogens with zero attached hydrogens (tertiary/aromatic N) is 6. The predicted octanol–water partition coefficient (Wildman–Crippen LogP) is 19.1. The second-order valence-corrected chi connectivity index (χ2v) is 19.9. The number of anilines is 10. The number of aromatic nitrogens is 2. The van der Waals surface area contributed by atoms with E-state index in [1.807, 2.05) is 48.5 Å². The molecule has 4 heterocycles. The van der Waals surface area contributed by atoms with Crippen LogP contribution in [0.5, 0.6) is 0 Å². The number of benzene rings is 11. The van der Waals surface area contributed by atoms with Crippen molar-refractivity contribution in [1.29, 1.82) is 0 Å². The lowest BCUT2D eigenvalue weighted by atomic mass is 9.84. The summed E-state index contributed by atoms with van der Waals surface area (Å²) in [6.45, 7) is 0. The van der Waals surface area contributed by atoms with E-state index in [1.54, 1.807) is 0 Å². The fourth-order valence-corrected chi connectivity index (χ4v) is 11.7. The molecule has 0 radical (unpaired) electrons. The van der Waals surface area contributed by atoms with Crippen LogP contribution in [-0.4, -0.2) is 24.1 Å². The smallest absolute Gasteiger partial charge is 0.227 e. The molecular formula is C70H48N6O2. The molecule has 370 valence electrons. The first-order valence-electron chi connectivity index (χ1n) is 26.2. The van der Waals surface area contributed by atoms with Crippen molar-refractivity contribution < 1.29 is 8.83 Å². The maximum atomic E-state index is 6.46. The van der Waals surface area contributed by atoms with Gasteiger partial charge in [-0.25, -0.2) is 9.97 Å². The summed E-state index contributed by atoms with van der Waals surface area (Å²) in [5.41, 5.74) is 24.4. The number of fused-ring (bicyclic) bond motifs is 6. The predicted molar refractivity (Wildman–Crippen MR) is 320 cm³/mol. The molecule has 13 aromatic rings.